The van der Waals surface area contributed by atoms with E-state index in [2.05, 4.69) is 14.7 Å². The molecule has 4 rings (SSSR count). The quantitative estimate of drug-likeness (QED) is 0.119. The van der Waals surface area contributed by atoms with Crippen LogP contribution in [0.5, 0.6) is 0 Å². The van der Waals surface area contributed by atoms with Crippen molar-refractivity contribution >= 4 is 24.1 Å². The Morgan fingerprint density at radius 1 is 0.724 bits per heavy atom. The van der Waals surface area contributed by atoms with Gasteiger partial charge < -0.3 is 54.6 Å². The largest absolute Gasteiger partial charge is 0.519 e. The fourth-order valence-corrected chi connectivity index (χ4v) is 4.70. The van der Waals surface area contributed by atoms with Gasteiger partial charge in [0.2, 0.25) is 12.5 Å². The van der Waals surface area contributed by atoms with Crippen LogP contribution in [-0.4, -0.2) is 124 Å². The molecule has 2 aliphatic heterocycles. The molecule has 2 aromatic rings. The Hall–Kier alpha value is -4.75. The predicted molar refractivity (Wildman–Crippen MR) is 188 cm³/mol. The molecule has 0 spiro atoms. The maximum atomic E-state index is 14.1. The standard InChI is InChI=1S/C15H20F2N2O6.C10H18O5.C9H11F2N3O4/c1-14(2,3)25-10(21)6-8-4-5-19(13(23)18-8)12-15(16,17)11(22)9(7-20)24-12;1-9(2,3)14-7(11)13-8(12)15-10(4,5)6;10-9(11)6(16)4(3-15)18-7(9)14-2-1-5(12)13-8(14)17/h4-5,9,11-12,20,22H,6-7H2,1-3H3;1-6H3;1-2,4,6-7,15-16H,3H2,(H2,12,13,17)/t9-,11-,12-;;4-,6-,7-/m1.1/s1. The second-order valence-electron chi connectivity index (χ2n) is 15.6. The van der Waals surface area contributed by atoms with Crippen molar-refractivity contribution in [1.29, 1.82) is 0 Å². The van der Waals surface area contributed by atoms with Gasteiger partial charge in [0.1, 0.15) is 34.8 Å². The van der Waals surface area contributed by atoms with E-state index >= 15 is 0 Å². The van der Waals surface area contributed by atoms with Crippen LogP contribution in [0.1, 0.15) is 80.5 Å². The Morgan fingerprint density at radius 3 is 1.43 bits per heavy atom. The van der Waals surface area contributed by atoms with Gasteiger partial charge in [0.15, 0.2) is 12.2 Å². The summed E-state index contributed by atoms with van der Waals surface area (Å²) >= 11 is 0. The number of nitrogens with zero attached hydrogens (tertiary/aromatic N) is 4. The molecule has 0 radical (unpaired) electrons. The second-order valence-corrected chi connectivity index (χ2v) is 15.6. The molecule has 2 aromatic heterocycles. The van der Waals surface area contributed by atoms with E-state index in [9.17, 15) is 51.7 Å². The van der Waals surface area contributed by atoms with Gasteiger partial charge in [-0.3, -0.25) is 13.9 Å². The summed E-state index contributed by atoms with van der Waals surface area (Å²) in [6, 6.07) is 2.36. The van der Waals surface area contributed by atoms with Crippen LogP contribution in [-0.2, 0) is 39.6 Å². The first-order valence-corrected chi connectivity index (χ1v) is 17.3. The van der Waals surface area contributed by atoms with E-state index in [0.717, 1.165) is 18.5 Å². The molecule has 0 aliphatic carbocycles. The molecule has 24 heteroatoms. The maximum Gasteiger partial charge on any atom is 0.519 e. The Kier molecular flexibility index (Phi) is 16.1. The van der Waals surface area contributed by atoms with E-state index < -0.39 is 108 Å². The lowest BCUT2D eigenvalue weighted by molar-refractivity contribution is -0.154. The van der Waals surface area contributed by atoms with Gasteiger partial charge >= 0.3 is 41.5 Å². The number of hydrogen-bond donors (Lipinski definition) is 5. The SMILES string of the molecule is CC(C)(C)OC(=O)Cc1ccn([C@@H]2O[C@H](CO)[C@@H](O)C2(F)F)c(=O)n1.CC(C)(C)OC(=O)OC(=O)OC(C)(C)C.Nc1ccn([C@@H]2O[C@H](CO)[C@@H](O)C2(F)F)c(=O)n1. The average Bonchev–Trinajstić information content (AvgIpc) is 3.40. The highest BCUT2D eigenvalue weighted by Gasteiger charge is 2.60. The number of ether oxygens (including phenoxy) is 6. The van der Waals surface area contributed by atoms with Gasteiger partial charge in [0, 0.05) is 12.4 Å². The van der Waals surface area contributed by atoms with Crippen molar-refractivity contribution in [3.63, 3.8) is 0 Å². The number of aliphatic hydroxyl groups excluding tert-OH is 4. The number of aromatic nitrogens is 4. The zero-order valence-corrected chi connectivity index (χ0v) is 33.1. The van der Waals surface area contributed by atoms with Crippen LogP contribution >= 0.6 is 0 Å². The molecule has 2 fully saturated rings. The molecular formula is C34H49F4N5O15. The summed E-state index contributed by atoms with van der Waals surface area (Å²) in [6.45, 7) is 13.4. The zero-order chi connectivity index (χ0) is 44.8. The molecule has 58 heavy (non-hydrogen) atoms. The third-order valence-electron chi connectivity index (χ3n) is 7.05. The summed E-state index contributed by atoms with van der Waals surface area (Å²) in [6.07, 6.45) is -12.0. The Morgan fingerprint density at radius 2 is 1.10 bits per heavy atom. The minimum absolute atomic E-state index is 0.0519. The number of esters is 1. The first kappa shape index (κ1) is 49.4. The van der Waals surface area contributed by atoms with Crippen LogP contribution in [0, 0.1) is 0 Å². The monoisotopic (exact) mass is 843 g/mol. The number of carbonyl (C=O) groups is 3. The van der Waals surface area contributed by atoms with Crippen molar-refractivity contribution in [3.05, 3.63) is 51.2 Å². The van der Waals surface area contributed by atoms with Crippen molar-refractivity contribution in [1.82, 2.24) is 19.1 Å². The highest BCUT2D eigenvalue weighted by Crippen LogP contribution is 2.43. The molecule has 4 heterocycles. The van der Waals surface area contributed by atoms with Gasteiger partial charge in [-0.25, -0.2) is 19.2 Å². The molecule has 0 bridgehead atoms. The van der Waals surface area contributed by atoms with Crippen molar-refractivity contribution in [2.75, 3.05) is 18.9 Å². The molecule has 0 aromatic carbocycles. The summed E-state index contributed by atoms with van der Waals surface area (Å²) in [7, 11) is 0. The van der Waals surface area contributed by atoms with Gasteiger partial charge in [-0.1, -0.05) is 0 Å². The predicted octanol–water partition coefficient (Wildman–Crippen LogP) is 1.60. The van der Waals surface area contributed by atoms with Crippen molar-refractivity contribution in [2.45, 2.75) is 134 Å². The molecule has 6 N–H and O–H groups in total. The minimum Gasteiger partial charge on any atom is -0.460 e. The number of nitrogens with two attached hydrogens (primary N) is 1. The highest BCUT2D eigenvalue weighted by atomic mass is 19.3. The normalized spacial score (nSPS) is 23.7. The molecule has 0 saturated carbocycles. The first-order valence-electron chi connectivity index (χ1n) is 17.3. The summed E-state index contributed by atoms with van der Waals surface area (Å²) in [4.78, 5) is 64.1. The topological polar surface area (TPSA) is 283 Å². The van der Waals surface area contributed by atoms with Gasteiger partial charge in [-0.2, -0.15) is 27.5 Å². The summed E-state index contributed by atoms with van der Waals surface area (Å²) in [5.74, 6) is -8.23. The lowest BCUT2D eigenvalue weighted by atomic mass is 10.1. The molecule has 0 unspecified atom stereocenters. The molecule has 2 aliphatic rings. The van der Waals surface area contributed by atoms with Crippen LogP contribution in [0.25, 0.3) is 0 Å². The smallest absolute Gasteiger partial charge is 0.460 e. The number of carbonyl (C=O) groups excluding carboxylic acids is 3. The van der Waals surface area contributed by atoms with Crippen LogP contribution < -0.4 is 17.1 Å². The third kappa shape index (κ3) is 14.0. The van der Waals surface area contributed by atoms with E-state index in [4.69, 9.17) is 39.6 Å². The summed E-state index contributed by atoms with van der Waals surface area (Å²) < 4.78 is 85.1. The average molecular weight is 844 g/mol. The van der Waals surface area contributed by atoms with Gasteiger partial charge in [-0.05, 0) is 74.4 Å². The van der Waals surface area contributed by atoms with Crippen LogP contribution in [0.15, 0.2) is 34.1 Å². The third-order valence-corrected chi connectivity index (χ3v) is 7.05. The van der Waals surface area contributed by atoms with Crippen LogP contribution in [0.3, 0.4) is 0 Å². The number of hydrogen-bond acceptors (Lipinski definition) is 18. The summed E-state index contributed by atoms with van der Waals surface area (Å²) in [5, 5.41) is 36.6. The van der Waals surface area contributed by atoms with Crippen molar-refractivity contribution in [2.24, 2.45) is 0 Å². The molecule has 0 amide bonds. The molecular weight excluding hydrogens is 794 g/mol. The fraction of sp³-hybridized carbons (Fsp3) is 0.676. The van der Waals surface area contributed by atoms with Gasteiger partial charge in [0.25, 0.3) is 0 Å². The lowest BCUT2D eigenvalue weighted by Gasteiger charge is -2.21. The van der Waals surface area contributed by atoms with E-state index in [1.165, 1.54) is 6.07 Å². The number of rotatable bonds is 6. The maximum absolute atomic E-state index is 14.1. The number of halogens is 4. The van der Waals surface area contributed by atoms with Gasteiger partial charge in [-0.15, -0.1) is 0 Å². The van der Waals surface area contributed by atoms with Crippen LogP contribution in [0.2, 0.25) is 0 Å². The van der Waals surface area contributed by atoms with E-state index in [-0.39, 0.29) is 17.9 Å². The molecule has 328 valence electrons. The summed E-state index contributed by atoms with van der Waals surface area (Å²) in [5.41, 5.74) is 1.09. The molecule has 2 saturated heterocycles. The minimum atomic E-state index is -3.79. The van der Waals surface area contributed by atoms with Crippen LogP contribution in [0.4, 0.5) is 33.0 Å². The number of nitrogen functional groups attached to an aromatic ring is 1. The lowest BCUT2D eigenvalue weighted by Crippen LogP contribution is -2.42. The fourth-order valence-electron chi connectivity index (χ4n) is 4.70. The van der Waals surface area contributed by atoms with E-state index in [1.807, 2.05) is 0 Å². The number of aliphatic hydroxyl groups is 4. The van der Waals surface area contributed by atoms with E-state index in [0.29, 0.717) is 9.13 Å². The molecule has 20 nitrogen and oxygen atoms in total. The van der Waals surface area contributed by atoms with Crippen molar-refractivity contribution < 1.29 is 80.8 Å². The number of alkyl halides is 4. The second kappa shape index (κ2) is 18.9. The van der Waals surface area contributed by atoms with Gasteiger partial charge in [0.05, 0.1) is 25.3 Å². The number of anilines is 1. The highest BCUT2D eigenvalue weighted by molar-refractivity contribution is 5.77. The Bertz CT molecular complexity index is 1830. The zero-order valence-electron chi connectivity index (χ0n) is 33.1. The first-order chi connectivity index (χ1) is 26.3. The van der Waals surface area contributed by atoms with E-state index in [1.54, 1.807) is 62.3 Å². The Balaban J connectivity index is 0.000000312. The Labute approximate surface area is 328 Å². The molecule has 6 atom stereocenters. The van der Waals surface area contributed by atoms with Crippen molar-refractivity contribution in [3.8, 4) is 0 Å².